The average molecular weight is 393 g/mol. The number of carbonyl (C=O) groups is 1. The van der Waals surface area contributed by atoms with Crippen LogP contribution in [0.4, 0.5) is 0 Å². The molecule has 1 amide bonds. The van der Waals surface area contributed by atoms with Gasteiger partial charge in [-0.05, 0) is 50.1 Å². The Balaban J connectivity index is 1.58. The lowest BCUT2D eigenvalue weighted by Gasteiger charge is -2.22. The number of aromatic nitrogens is 2. The number of nitrogens with zero attached hydrogens (tertiary/aromatic N) is 3. The zero-order valence-corrected chi connectivity index (χ0v) is 16.7. The molecule has 29 heavy (non-hydrogen) atoms. The number of ether oxygens (including phenoxy) is 2. The molecule has 0 aliphatic carbocycles. The van der Waals surface area contributed by atoms with Crippen LogP contribution in [-0.2, 0) is 0 Å². The van der Waals surface area contributed by atoms with Crippen LogP contribution in [0, 0.1) is 6.92 Å². The Morgan fingerprint density at radius 3 is 2.59 bits per heavy atom. The molecule has 1 fully saturated rings. The average Bonchev–Trinajstić information content (AvgIpc) is 3.42. The molecular formula is C22H23N3O4. The van der Waals surface area contributed by atoms with Gasteiger partial charge in [0.25, 0.3) is 5.91 Å². The Morgan fingerprint density at radius 1 is 1.10 bits per heavy atom. The fourth-order valence-electron chi connectivity index (χ4n) is 3.59. The van der Waals surface area contributed by atoms with Crippen LogP contribution in [0.15, 0.2) is 47.0 Å². The van der Waals surface area contributed by atoms with E-state index in [1.807, 2.05) is 42.2 Å². The van der Waals surface area contributed by atoms with E-state index in [-0.39, 0.29) is 11.9 Å². The molecule has 1 atom stereocenters. The van der Waals surface area contributed by atoms with E-state index in [2.05, 4.69) is 10.1 Å². The third-order valence-electron chi connectivity index (χ3n) is 5.18. The molecule has 0 spiro atoms. The maximum Gasteiger partial charge on any atom is 0.254 e. The fourth-order valence-corrected chi connectivity index (χ4v) is 3.59. The van der Waals surface area contributed by atoms with Gasteiger partial charge in [-0.15, -0.1) is 0 Å². The second-order valence-corrected chi connectivity index (χ2v) is 7.05. The van der Waals surface area contributed by atoms with Gasteiger partial charge in [0.05, 0.1) is 14.2 Å². The molecule has 1 aliphatic rings. The standard InChI is InChI=1S/C22H23N3O4/c1-14-6-8-15(9-7-14)22(26)25-12-4-5-17(25)21-23-20(24-29-21)16-10-11-18(27-2)19(13-16)28-3/h6-11,13,17H,4-5,12H2,1-3H3/t17-/m0/s1. The lowest BCUT2D eigenvalue weighted by Crippen LogP contribution is -2.30. The number of likely N-dealkylation sites (tertiary alicyclic amines) is 1. The number of rotatable bonds is 5. The van der Waals surface area contributed by atoms with E-state index < -0.39 is 0 Å². The van der Waals surface area contributed by atoms with Crippen molar-refractivity contribution in [1.29, 1.82) is 0 Å². The van der Waals surface area contributed by atoms with E-state index in [0.29, 0.717) is 35.3 Å². The van der Waals surface area contributed by atoms with Gasteiger partial charge in [0, 0.05) is 17.7 Å². The van der Waals surface area contributed by atoms with E-state index in [0.717, 1.165) is 24.0 Å². The van der Waals surface area contributed by atoms with Gasteiger partial charge < -0.3 is 18.9 Å². The van der Waals surface area contributed by atoms with Crippen molar-refractivity contribution in [3.05, 3.63) is 59.5 Å². The first-order chi connectivity index (χ1) is 14.1. The minimum absolute atomic E-state index is 0.0154. The Labute approximate surface area is 169 Å². The van der Waals surface area contributed by atoms with Crippen LogP contribution in [0.5, 0.6) is 11.5 Å². The van der Waals surface area contributed by atoms with Gasteiger partial charge in [-0.1, -0.05) is 22.9 Å². The van der Waals surface area contributed by atoms with Gasteiger partial charge in [-0.25, -0.2) is 0 Å². The Bertz CT molecular complexity index is 1010. The van der Waals surface area contributed by atoms with E-state index in [1.54, 1.807) is 26.4 Å². The third-order valence-corrected chi connectivity index (χ3v) is 5.18. The minimum Gasteiger partial charge on any atom is -0.493 e. The van der Waals surface area contributed by atoms with Crippen molar-refractivity contribution in [3.63, 3.8) is 0 Å². The smallest absolute Gasteiger partial charge is 0.254 e. The van der Waals surface area contributed by atoms with Crippen LogP contribution in [0.1, 0.15) is 40.7 Å². The van der Waals surface area contributed by atoms with Crippen LogP contribution in [0.3, 0.4) is 0 Å². The predicted molar refractivity (Wildman–Crippen MR) is 107 cm³/mol. The topological polar surface area (TPSA) is 77.7 Å². The summed E-state index contributed by atoms with van der Waals surface area (Å²) in [4.78, 5) is 19.4. The number of hydrogen-bond acceptors (Lipinski definition) is 6. The normalized spacial score (nSPS) is 16.1. The number of benzene rings is 2. The van der Waals surface area contributed by atoms with Gasteiger partial charge in [-0.3, -0.25) is 4.79 Å². The highest BCUT2D eigenvalue weighted by molar-refractivity contribution is 5.94. The highest BCUT2D eigenvalue weighted by atomic mass is 16.5. The Kier molecular flexibility index (Phi) is 5.20. The molecule has 0 radical (unpaired) electrons. The molecule has 0 unspecified atom stereocenters. The molecule has 1 aliphatic heterocycles. The van der Waals surface area contributed by atoms with Gasteiger partial charge in [0.15, 0.2) is 11.5 Å². The SMILES string of the molecule is COc1ccc(-c2noc([C@@H]3CCCN3C(=O)c3ccc(C)cc3)n2)cc1OC. The minimum atomic E-state index is -0.217. The van der Waals surface area contributed by atoms with E-state index in [4.69, 9.17) is 14.0 Å². The fraction of sp³-hybridized carbons (Fsp3) is 0.318. The molecular weight excluding hydrogens is 370 g/mol. The second-order valence-electron chi connectivity index (χ2n) is 7.05. The summed E-state index contributed by atoms with van der Waals surface area (Å²) in [5.41, 5.74) is 2.55. The van der Waals surface area contributed by atoms with Crippen molar-refractivity contribution >= 4 is 5.91 Å². The molecule has 2 heterocycles. The van der Waals surface area contributed by atoms with Crippen LogP contribution in [-0.4, -0.2) is 41.7 Å². The van der Waals surface area contributed by atoms with E-state index in [1.165, 1.54) is 0 Å². The summed E-state index contributed by atoms with van der Waals surface area (Å²) in [6.45, 7) is 2.67. The van der Waals surface area contributed by atoms with Gasteiger partial charge in [0.1, 0.15) is 6.04 Å². The molecule has 4 rings (SSSR count). The quantitative estimate of drug-likeness (QED) is 0.651. The zero-order valence-electron chi connectivity index (χ0n) is 16.7. The van der Waals surface area contributed by atoms with Gasteiger partial charge in [0.2, 0.25) is 11.7 Å². The van der Waals surface area contributed by atoms with Crippen molar-refractivity contribution < 1.29 is 18.8 Å². The summed E-state index contributed by atoms with van der Waals surface area (Å²) in [6, 6.07) is 12.8. The summed E-state index contributed by atoms with van der Waals surface area (Å²) in [5.74, 6) is 2.11. The molecule has 3 aromatic rings. The monoisotopic (exact) mass is 393 g/mol. The summed E-state index contributed by atoms with van der Waals surface area (Å²) in [5, 5.41) is 4.12. The lowest BCUT2D eigenvalue weighted by molar-refractivity contribution is 0.0710. The van der Waals surface area contributed by atoms with Gasteiger partial charge in [-0.2, -0.15) is 4.98 Å². The van der Waals surface area contributed by atoms with Crippen molar-refractivity contribution in [3.8, 4) is 22.9 Å². The van der Waals surface area contributed by atoms with Crippen molar-refractivity contribution in [1.82, 2.24) is 15.0 Å². The lowest BCUT2D eigenvalue weighted by atomic mass is 10.1. The molecule has 7 nitrogen and oxygen atoms in total. The summed E-state index contributed by atoms with van der Waals surface area (Å²) in [6.07, 6.45) is 1.70. The first-order valence-corrected chi connectivity index (χ1v) is 9.54. The number of amides is 1. The Morgan fingerprint density at radius 2 is 1.86 bits per heavy atom. The number of methoxy groups -OCH3 is 2. The highest BCUT2D eigenvalue weighted by Gasteiger charge is 2.34. The molecule has 150 valence electrons. The first-order valence-electron chi connectivity index (χ1n) is 9.54. The van der Waals surface area contributed by atoms with Crippen molar-refractivity contribution in [2.24, 2.45) is 0 Å². The maximum absolute atomic E-state index is 13.0. The molecule has 0 saturated carbocycles. The summed E-state index contributed by atoms with van der Waals surface area (Å²) < 4.78 is 16.2. The van der Waals surface area contributed by atoms with Crippen LogP contribution in [0.2, 0.25) is 0 Å². The first kappa shape index (κ1) is 19.0. The molecule has 7 heteroatoms. The molecule has 1 aromatic heterocycles. The number of aryl methyl sites for hydroxylation is 1. The van der Waals surface area contributed by atoms with Crippen molar-refractivity contribution in [2.45, 2.75) is 25.8 Å². The summed E-state index contributed by atoms with van der Waals surface area (Å²) >= 11 is 0. The number of hydrogen-bond donors (Lipinski definition) is 0. The van der Waals surface area contributed by atoms with Crippen molar-refractivity contribution in [2.75, 3.05) is 20.8 Å². The molecule has 0 bridgehead atoms. The molecule has 1 saturated heterocycles. The molecule has 2 aromatic carbocycles. The van der Waals surface area contributed by atoms with Crippen LogP contribution < -0.4 is 9.47 Å². The third kappa shape index (κ3) is 3.68. The van der Waals surface area contributed by atoms with Crippen LogP contribution in [0.25, 0.3) is 11.4 Å². The number of carbonyl (C=O) groups excluding carboxylic acids is 1. The zero-order chi connectivity index (χ0) is 20.4. The van der Waals surface area contributed by atoms with Gasteiger partial charge >= 0.3 is 0 Å². The Hall–Kier alpha value is -3.35. The summed E-state index contributed by atoms with van der Waals surface area (Å²) in [7, 11) is 3.17. The van der Waals surface area contributed by atoms with Crippen LogP contribution >= 0.6 is 0 Å². The molecule has 0 N–H and O–H groups in total. The maximum atomic E-state index is 13.0. The highest BCUT2D eigenvalue weighted by Crippen LogP contribution is 2.35. The largest absolute Gasteiger partial charge is 0.493 e. The predicted octanol–water partition coefficient (Wildman–Crippen LogP) is 4.04. The van der Waals surface area contributed by atoms with E-state index >= 15 is 0 Å². The second kappa shape index (κ2) is 7.95. The van der Waals surface area contributed by atoms with E-state index in [9.17, 15) is 4.79 Å².